The van der Waals surface area contributed by atoms with E-state index >= 15 is 0 Å². The van der Waals surface area contributed by atoms with Crippen LogP contribution in [0.25, 0.3) is 10.8 Å². The van der Waals surface area contributed by atoms with Crippen LogP contribution in [0.1, 0.15) is 17.7 Å². The summed E-state index contributed by atoms with van der Waals surface area (Å²) in [6, 6.07) is 16.3. The molecule has 7 heteroatoms. The fourth-order valence-electron chi connectivity index (χ4n) is 4.41. The van der Waals surface area contributed by atoms with Gasteiger partial charge in [0.05, 0.1) is 12.1 Å². The average Bonchev–Trinajstić information content (AvgIpc) is 3.34. The van der Waals surface area contributed by atoms with E-state index in [2.05, 4.69) is 5.32 Å². The number of hydrogen-bond donors (Lipinski definition) is 1. The zero-order chi connectivity index (χ0) is 20.7. The number of carbonyl (C=O) groups excluding carboxylic acids is 3. The lowest BCUT2D eigenvalue weighted by Gasteiger charge is -2.32. The van der Waals surface area contributed by atoms with Gasteiger partial charge < -0.3 is 10.2 Å². The lowest BCUT2D eigenvalue weighted by Crippen LogP contribution is -2.50. The smallest absolute Gasteiger partial charge is 0.332 e. The van der Waals surface area contributed by atoms with Crippen LogP contribution < -0.4 is 10.2 Å². The maximum Gasteiger partial charge on any atom is 0.332 e. The SMILES string of the molecule is O=C(Cc1cccs1)NC1CCN2C(=O)N(c3cccc4ccccc34)C(=O)C2C1. The number of anilines is 1. The Kier molecular flexibility index (Phi) is 4.75. The molecular formula is C23H21N3O3S. The predicted molar refractivity (Wildman–Crippen MR) is 117 cm³/mol. The molecule has 3 heterocycles. The van der Waals surface area contributed by atoms with Gasteiger partial charge in [-0.25, -0.2) is 9.69 Å². The molecule has 1 aromatic heterocycles. The van der Waals surface area contributed by atoms with Crippen molar-refractivity contribution in [2.75, 3.05) is 11.4 Å². The molecule has 1 N–H and O–H groups in total. The number of thiophene rings is 1. The van der Waals surface area contributed by atoms with E-state index in [1.807, 2.05) is 60.0 Å². The van der Waals surface area contributed by atoms with Crippen molar-refractivity contribution in [2.45, 2.75) is 31.3 Å². The topological polar surface area (TPSA) is 69.7 Å². The molecule has 4 amide bonds. The van der Waals surface area contributed by atoms with E-state index in [4.69, 9.17) is 0 Å². The number of urea groups is 1. The fourth-order valence-corrected chi connectivity index (χ4v) is 5.11. The van der Waals surface area contributed by atoms with Crippen molar-refractivity contribution >= 4 is 45.6 Å². The van der Waals surface area contributed by atoms with Crippen LogP contribution in [0.15, 0.2) is 60.0 Å². The Balaban J connectivity index is 1.34. The number of piperidine rings is 1. The van der Waals surface area contributed by atoms with Gasteiger partial charge in [-0.15, -0.1) is 11.3 Å². The van der Waals surface area contributed by atoms with Crippen molar-refractivity contribution in [3.8, 4) is 0 Å². The second-order valence-corrected chi connectivity index (χ2v) is 8.74. The molecule has 2 fully saturated rings. The van der Waals surface area contributed by atoms with E-state index in [0.29, 0.717) is 31.5 Å². The highest BCUT2D eigenvalue weighted by molar-refractivity contribution is 7.10. The maximum absolute atomic E-state index is 13.2. The average molecular weight is 420 g/mol. The van der Waals surface area contributed by atoms with E-state index < -0.39 is 6.04 Å². The molecule has 0 saturated carbocycles. The number of imide groups is 1. The summed E-state index contributed by atoms with van der Waals surface area (Å²) in [5.74, 6) is -0.257. The molecule has 0 radical (unpaired) electrons. The molecule has 0 bridgehead atoms. The second-order valence-electron chi connectivity index (χ2n) is 7.71. The maximum atomic E-state index is 13.2. The zero-order valence-corrected chi connectivity index (χ0v) is 17.1. The number of nitrogens with zero attached hydrogens (tertiary/aromatic N) is 2. The van der Waals surface area contributed by atoms with Crippen molar-refractivity contribution in [3.63, 3.8) is 0 Å². The molecule has 2 atom stereocenters. The van der Waals surface area contributed by atoms with Crippen LogP contribution in [-0.4, -0.2) is 41.4 Å². The van der Waals surface area contributed by atoms with Gasteiger partial charge in [0.1, 0.15) is 6.04 Å². The molecule has 3 aromatic rings. The summed E-state index contributed by atoms with van der Waals surface area (Å²) in [4.78, 5) is 42.6. The first-order valence-electron chi connectivity index (χ1n) is 10.1. The van der Waals surface area contributed by atoms with Crippen LogP contribution in [0.3, 0.4) is 0 Å². The number of nitrogens with one attached hydrogen (secondary N) is 1. The van der Waals surface area contributed by atoms with Gasteiger partial charge in [0.25, 0.3) is 5.91 Å². The van der Waals surface area contributed by atoms with E-state index in [0.717, 1.165) is 15.6 Å². The Morgan fingerprint density at radius 3 is 2.73 bits per heavy atom. The Bertz CT molecular complexity index is 1120. The predicted octanol–water partition coefficient (Wildman–Crippen LogP) is 3.56. The molecular weight excluding hydrogens is 398 g/mol. The summed E-state index contributed by atoms with van der Waals surface area (Å²) in [6.45, 7) is 0.459. The van der Waals surface area contributed by atoms with Crippen LogP contribution >= 0.6 is 11.3 Å². The number of rotatable bonds is 4. The second kappa shape index (κ2) is 7.57. The van der Waals surface area contributed by atoms with Crippen molar-refractivity contribution in [2.24, 2.45) is 0 Å². The van der Waals surface area contributed by atoms with Gasteiger partial charge in [0, 0.05) is 22.8 Å². The van der Waals surface area contributed by atoms with Gasteiger partial charge in [0.2, 0.25) is 5.91 Å². The minimum Gasteiger partial charge on any atom is -0.353 e. The molecule has 2 aliphatic rings. The van der Waals surface area contributed by atoms with Crippen LogP contribution in [0, 0.1) is 0 Å². The van der Waals surface area contributed by atoms with Crippen molar-refractivity contribution in [1.82, 2.24) is 10.2 Å². The lowest BCUT2D eigenvalue weighted by molar-refractivity contribution is -0.123. The summed E-state index contributed by atoms with van der Waals surface area (Å²) >= 11 is 1.55. The molecule has 6 nitrogen and oxygen atoms in total. The highest BCUT2D eigenvalue weighted by Crippen LogP contribution is 2.34. The Labute approximate surface area is 178 Å². The normalized spacial score (nSPS) is 21.2. The summed E-state index contributed by atoms with van der Waals surface area (Å²) in [7, 11) is 0. The monoisotopic (exact) mass is 419 g/mol. The van der Waals surface area contributed by atoms with E-state index in [1.54, 1.807) is 16.2 Å². The Hall–Kier alpha value is -3.19. The van der Waals surface area contributed by atoms with Crippen LogP contribution in [0.5, 0.6) is 0 Å². The minimum atomic E-state index is -0.530. The molecule has 0 spiro atoms. The fraction of sp³-hybridized carbons (Fsp3) is 0.261. The third kappa shape index (κ3) is 3.25. The van der Waals surface area contributed by atoms with E-state index in [-0.39, 0.29) is 23.9 Å². The summed E-state index contributed by atoms with van der Waals surface area (Å²) in [5, 5.41) is 6.86. The van der Waals surface area contributed by atoms with Crippen molar-refractivity contribution in [3.05, 3.63) is 64.9 Å². The van der Waals surface area contributed by atoms with Gasteiger partial charge in [-0.3, -0.25) is 9.59 Å². The highest BCUT2D eigenvalue weighted by atomic mass is 32.1. The first kappa shape index (κ1) is 18.8. The van der Waals surface area contributed by atoms with Gasteiger partial charge >= 0.3 is 6.03 Å². The zero-order valence-electron chi connectivity index (χ0n) is 16.3. The number of hydrogen-bond acceptors (Lipinski definition) is 4. The summed E-state index contributed by atoms with van der Waals surface area (Å²) in [6.07, 6.45) is 1.44. The Morgan fingerprint density at radius 2 is 1.90 bits per heavy atom. The molecule has 2 saturated heterocycles. The largest absolute Gasteiger partial charge is 0.353 e. The first-order chi connectivity index (χ1) is 14.6. The number of amides is 4. The number of benzene rings is 2. The minimum absolute atomic E-state index is 0.0430. The third-order valence-electron chi connectivity index (χ3n) is 5.83. The molecule has 0 aliphatic carbocycles. The van der Waals surface area contributed by atoms with Crippen molar-refractivity contribution in [1.29, 1.82) is 0 Å². The van der Waals surface area contributed by atoms with E-state index in [1.165, 1.54) is 4.90 Å². The molecule has 2 aromatic carbocycles. The number of fused-ring (bicyclic) bond motifs is 2. The van der Waals surface area contributed by atoms with Gasteiger partial charge in [-0.1, -0.05) is 42.5 Å². The molecule has 5 rings (SSSR count). The number of carbonyl (C=O) groups is 3. The quantitative estimate of drug-likeness (QED) is 0.658. The van der Waals surface area contributed by atoms with Crippen LogP contribution in [0.4, 0.5) is 10.5 Å². The first-order valence-corrected chi connectivity index (χ1v) is 10.9. The lowest BCUT2D eigenvalue weighted by atomic mass is 9.97. The summed E-state index contributed by atoms with van der Waals surface area (Å²) < 4.78 is 0. The summed E-state index contributed by atoms with van der Waals surface area (Å²) in [5.41, 5.74) is 0.621. The van der Waals surface area contributed by atoms with Gasteiger partial charge in [-0.2, -0.15) is 0 Å². The molecule has 2 unspecified atom stereocenters. The van der Waals surface area contributed by atoms with Gasteiger partial charge in [-0.05, 0) is 35.7 Å². The third-order valence-corrected chi connectivity index (χ3v) is 6.71. The van der Waals surface area contributed by atoms with Crippen molar-refractivity contribution < 1.29 is 14.4 Å². The van der Waals surface area contributed by atoms with E-state index in [9.17, 15) is 14.4 Å². The standard InChI is InChI=1S/C23H21N3O3S/c27-21(14-17-7-4-12-30-17)24-16-10-11-25-20(13-16)22(28)26(23(25)29)19-9-3-6-15-5-1-2-8-18(15)19/h1-9,12,16,20H,10-11,13-14H2,(H,24,27). The highest BCUT2D eigenvalue weighted by Gasteiger charge is 2.49. The van der Waals surface area contributed by atoms with Gasteiger partial charge in [0.15, 0.2) is 0 Å². The van der Waals surface area contributed by atoms with Crippen LogP contribution in [0.2, 0.25) is 0 Å². The molecule has 30 heavy (non-hydrogen) atoms. The molecule has 152 valence electrons. The Morgan fingerprint density at radius 1 is 1.07 bits per heavy atom. The molecule has 2 aliphatic heterocycles. The van der Waals surface area contributed by atoms with Crippen LogP contribution in [-0.2, 0) is 16.0 Å².